The maximum atomic E-state index is 12.0. The van der Waals surface area contributed by atoms with E-state index in [2.05, 4.69) is 10.3 Å². The first kappa shape index (κ1) is 15.3. The molecule has 0 bridgehead atoms. The standard InChI is InChI=1S/C15H21N3O3/c1-15(2,3)21-14(20)18-9-6-12(10-18)17-13(19)11-4-7-16-8-5-11/h4-5,7-8,12H,6,9-10H2,1-3H3,(H,17,19). The summed E-state index contributed by atoms with van der Waals surface area (Å²) in [7, 11) is 0. The van der Waals surface area contributed by atoms with Gasteiger partial charge in [0.25, 0.3) is 5.91 Å². The molecular formula is C15H21N3O3. The fraction of sp³-hybridized carbons (Fsp3) is 0.533. The van der Waals surface area contributed by atoms with Crippen LogP contribution in [0.4, 0.5) is 4.79 Å². The van der Waals surface area contributed by atoms with Crippen molar-refractivity contribution in [3.05, 3.63) is 30.1 Å². The Labute approximate surface area is 124 Å². The number of rotatable bonds is 2. The van der Waals surface area contributed by atoms with E-state index in [9.17, 15) is 9.59 Å². The van der Waals surface area contributed by atoms with Crippen LogP contribution in [0.25, 0.3) is 0 Å². The SMILES string of the molecule is CC(C)(C)OC(=O)N1CCC(NC(=O)c2ccncc2)C1. The van der Waals surface area contributed by atoms with Crippen molar-refractivity contribution in [2.24, 2.45) is 0 Å². The van der Waals surface area contributed by atoms with Gasteiger partial charge in [-0.05, 0) is 39.3 Å². The highest BCUT2D eigenvalue weighted by molar-refractivity contribution is 5.94. The van der Waals surface area contributed by atoms with Crippen molar-refractivity contribution in [1.82, 2.24) is 15.2 Å². The number of aromatic nitrogens is 1. The number of nitrogens with one attached hydrogen (secondary N) is 1. The molecule has 6 nitrogen and oxygen atoms in total. The summed E-state index contributed by atoms with van der Waals surface area (Å²) in [6.45, 7) is 6.58. The molecule has 1 aliphatic rings. The second-order valence-electron chi connectivity index (χ2n) is 6.12. The maximum absolute atomic E-state index is 12.0. The maximum Gasteiger partial charge on any atom is 0.410 e. The number of pyridine rings is 1. The molecule has 1 N–H and O–H groups in total. The van der Waals surface area contributed by atoms with Crippen LogP contribution in [0.5, 0.6) is 0 Å². The van der Waals surface area contributed by atoms with Crippen LogP contribution in [0.3, 0.4) is 0 Å². The van der Waals surface area contributed by atoms with Gasteiger partial charge >= 0.3 is 6.09 Å². The molecule has 21 heavy (non-hydrogen) atoms. The van der Waals surface area contributed by atoms with Crippen molar-refractivity contribution in [2.45, 2.75) is 38.8 Å². The summed E-state index contributed by atoms with van der Waals surface area (Å²) < 4.78 is 5.33. The summed E-state index contributed by atoms with van der Waals surface area (Å²) in [5.74, 6) is -0.145. The Balaban J connectivity index is 1.86. The molecule has 0 spiro atoms. The molecule has 2 heterocycles. The lowest BCUT2D eigenvalue weighted by Gasteiger charge is -2.24. The summed E-state index contributed by atoms with van der Waals surface area (Å²) in [6.07, 6.45) is 3.56. The summed E-state index contributed by atoms with van der Waals surface area (Å²) in [5, 5.41) is 2.93. The van der Waals surface area contributed by atoms with Crippen LogP contribution in [0.1, 0.15) is 37.6 Å². The number of amides is 2. The highest BCUT2D eigenvalue weighted by Gasteiger charge is 2.30. The minimum atomic E-state index is -0.505. The monoisotopic (exact) mass is 291 g/mol. The number of likely N-dealkylation sites (tertiary alicyclic amines) is 1. The number of carbonyl (C=O) groups is 2. The van der Waals surface area contributed by atoms with Gasteiger partial charge in [-0.1, -0.05) is 0 Å². The number of hydrogen-bond acceptors (Lipinski definition) is 4. The van der Waals surface area contributed by atoms with Gasteiger partial charge in [-0.3, -0.25) is 9.78 Å². The largest absolute Gasteiger partial charge is 0.444 e. The lowest BCUT2D eigenvalue weighted by atomic mass is 10.2. The fourth-order valence-corrected chi connectivity index (χ4v) is 2.14. The number of nitrogens with zero attached hydrogens (tertiary/aromatic N) is 2. The van der Waals surface area contributed by atoms with Gasteiger partial charge in [0.1, 0.15) is 5.60 Å². The first-order valence-corrected chi connectivity index (χ1v) is 7.04. The van der Waals surface area contributed by atoms with Gasteiger partial charge in [0, 0.05) is 37.1 Å². The van der Waals surface area contributed by atoms with Crippen molar-refractivity contribution in [2.75, 3.05) is 13.1 Å². The van der Waals surface area contributed by atoms with Crippen LogP contribution in [-0.2, 0) is 4.74 Å². The first-order valence-electron chi connectivity index (χ1n) is 7.04. The van der Waals surface area contributed by atoms with Gasteiger partial charge in [0.15, 0.2) is 0 Å². The molecule has 1 aromatic heterocycles. The molecule has 2 amide bonds. The number of ether oxygens (including phenoxy) is 1. The molecule has 0 saturated carbocycles. The van der Waals surface area contributed by atoms with Crippen LogP contribution in [0.15, 0.2) is 24.5 Å². The van der Waals surface area contributed by atoms with Crippen LogP contribution in [0.2, 0.25) is 0 Å². The van der Waals surface area contributed by atoms with Gasteiger partial charge in [-0.25, -0.2) is 4.79 Å². The van der Waals surface area contributed by atoms with Gasteiger partial charge in [0.05, 0.1) is 0 Å². The van der Waals surface area contributed by atoms with E-state index in [0.29, 0.717) is 18.7 Å². The van der Waals surface area contributed by atoms with E-state index in [0.717, 1.165) is 6.42 Å². The van der Waals surface area contributed by atoms with Gasteiger partial charge in [0.2, 0.25) is 0 Å². The molecule has 1 saturated heterocycles. The molecule has 2 rings (SSSR count). The lowest BCUT2D eigenvalue weighted by Crippen LogP contribution is -2.40. The molecule has 1 atom stereocenters. The van der Waals surface area contributed by atoms with Crippen molar-refractivity contribution >= 4 is 12.0 Å². The molecule has 114 valence electrons. The highest BCUT2D eigenvalue weighted by atomic mass is 16.6. The molecular weight excluding hydrogens is 270 g/mol. The second-order valence-corrected chi connectivity index (χ2v) is 6.12. The number of carbonyl (C=O) groups excluding carboxylic acids is 2. The van der Waals surface area contributed by atoms with E-state index in [1.165, 1.54) is 0 Å². The summed E-state index contributed by atoms with van der Waals surface area (Å²) >= 11 is 0. The van der Waals surface area contributed by atoms with Gasteiger partial charge in [-0.2, -0.15) is 0 Å². The topological polar surface area (TPSA) is 71.5 Å². The molecule has 0 radical (unpaired) electrons. The van der Waals surface area contributed by atoms with E-state index < -0.39 is 5.60 Å². The Morgan fingerprint density at radius 2 is 2.00 bits per heavy atom. The van der Waals surface area contributed by atoms with Crippen LogP contribution >= 0.6 is 0 Å². The van der Waals surface area contributed by atoms with E-state index in [4.69, 9.17) is 4.74 Å². The van der Waals surface area contributed by atoms with E-state index in [1.54, 1.807) is 29.4 Å². The van der Waals surface area contributed by atoms with E-state index in [1.807, 2.05) is 20.8 Å². The Morgan fingerprint density at radius 1 is 1.33 bits per heavy atom. The predicted molar refractivity (Wildman–Crippen MR) is 77.9 cm³/mol. The van der Waals surface area contributed by atoms with Crippen LogP contribution in [-0.4, -0.2) is 46.6 Å². The predicted octanol–water partition coefficient (Wildman–Crippen LogP) is 1.82. The third-order valence-electron chi connectivity index (χ3n) is 3.12. The first-order chi connectivity index (χ1) is 9.85. The minimum absolute atomic E-state index is 0.0433. The Kier molecular flexibility index (Phi) is 4.45. The zero-order valence-electron chi connectivity index (χ0n) is 12.6. The van der Waals surface area contributed by atoms with Gasteiger partial charge in [-0.15, -0.1) is 0 Å². The lowest BCUT2D eigenvalue weighted by molar-refractivity contribution is 0.0290. The Morgan fingerprint density at radius 3 is 2.62 bits per heavy atom. The normalized spacial score (nSPS) is 18.4. The number of hydrogen-bond donors (Lipinski definition) is 1. The Hall–Kier alpha value is -2.11. The summed E-state index contributed by atoms with van der Waals surface area (Å²) in [4.78, 5) is 29.5. The van der Waals surface area contributed by atoms with Gasteiger partial charge < -0.3 is 15.0 Å². The molecule has 1 fully saturated rings. The highest BCUT2D eigenvalue weighted by Crippen LogP contribution is 2.15. The second kappa shape index (κ2) is 6.11. The summed E-state index contributed by atoms with van der Waals surface area (Å²) in [5.41, 5.74) is 0.0656. The summed E-state index contributed by atoms with van der Waals surface area (Å²) in [6, 6.07) is 3.28. The molecule has 6 heteroatoms. The van der Waals surface area contributed by atoms with Crippen molar-refractivity contribution in [1.29, 1.82) is 0 Å². The van der Waals surface area contributed by atoms with E-state index >= 15 is 0 Å². The fourth-order valence-electron chi connectivity index (χ4n) is 2.14. The molecule has 1 aromatic rings. The zero-order chi connectivity index (χ0) is 15.5. The van der Waals surface area contributed by atoms with E-state index in [-0.39, 0.29) is 18.0 Å². The molecule has 0 aliphatic carbocycles. The average Bonchev–Trinajstić information content (AvgIpc) is 2.86. The molecule has 1 aliphatic heterocycles. The van der Waals surface area contributed by atoms with Crippen molar-refractivity contribution in [3.8, 4) is 0 Å². The third kappa shape index (κ3) is 4.44. The van der Waals surface area contributed by atoms with Crippen molar-refractivity contribution in [3.63, 3.8) is 0 Å². The van der Waals surface area contributed by atoms with Crippen LogP contribution in [0, 0.1) is 0 Å². The quantitative estimate of drug-likeness (QED) is 0.902. The smallest absolute Gasteiger partial charge is 0.410 e. The average molecular weight is 291 g/mol. The Bertz CT molecular complexity index is 511. The minimum Gasteiger partial charge on any atom is -0.444 e. The zero-order valence-corrected chi connectivity index (χ0v) is 12.6. The molecule has 1 unspecified atom stereocenters. The third-order valence-corrected chi connectivity index (χ3v) is 3.12. The van der Waals surface area contributed by atoms with Crippen molar-refractivity contribution < 1.29 is 14.3 Å². The molecule has 0 aromatic carbocycles. The van der Waals surface area contributed by atoms with Crippen LogP contribution < -0.4 is 5.32 Å².